The van der Waals surface area contributed by atoms with Crippen molar-refractivity contribution >= 4 is 34.5 Å². The minimum atomic E-state index is -1.48. The van der Waals surface area contributed by atoms with E-state index in [0.717, 1.165) is 0 Å². The number of nitrogens with one attached hydrogen (secondary N) is 1. The molecule has 12 atom stereocenters. The van der Waals surface area contributed by atoms with Crippen molar-refractivity contribution in [3.05, 3.63) is 29.8 Å². The Kier molecular flexibility index (Phi) is 7.64. The molecule has 1 aromatic carbocycles. The van der Waals surface area contributed by atoms with Crippen LogP contribution in [0.5, 0.6) is 0 Å². The van der Waals surface area contributed by atoms with Gasteiger partial charge in [0, 0.05) is 76.3 Å². The molecule has 43 heavy (non-hydrogen) atoms. The fourth-order valence-electron chi connectivity index (χ4n) is 11.6. The highest BCUT2D eigenvalue weighted by atomic mass is 79.9. The molecule has 0 radical (unpaired) electrons. The van der Waals surface area contributed by atoms with Gasteiger partial charge in [0.05, 0.1) is 29.6 Å². The number of methoxy groups -OCH3 is 3. The molecule has 6 fully saturated rings. The van der Waals surface area contributed by atoms with E-state index in [2.05, 4.69) is 17.1 Å². The van der Waals surface area contributed by atoms with Crippen LogP contribution in [0.3, 0.4) is 0 Å². The molecular formula is C32H45BrN2O8. The summed E-state index contributed by atoms with van der Waals surface area (Å²) in [5, 5.41) is 28.4. The number of fused-ring (bicyclic) bond motifs is 2. The van der Waals surface area contributed by atoms with Crippen LogP contribution in [0.1, 0.15) is 56.3 Å². The normalized spacial score (nSPS) is 47.0. The summed E-state index contributed by atoms with van der Waals surface area (Å²) in [6, 6.07) is 6.89. The fourth-order valence-corrected chi connectivity index (χ4v) is 11.6. The van der Waals surface area contributed by atoms with Gasteiger partial charge in [-0.05, 0) is 44.4 Å². The number of likely N-dealkylation sites (N-methyl/N-ethyl adjacent to an activating group) is 1. The summed E-state index contributed by atoms with van der Waals surface area (Å²) >= 11 is 0. The van der Waals surface area contributed by atoms with E-state index in [1.807, 2.05) is 0 Å². The van der Waals surface area contributed by atoms with Crippen LogP contribution in [0.2, 0.25) is 0 Å². The van der Waals surface area contributed by atoms with Crippen LogP contribution in [-0.2, 0) is 23.7 Å². The van der Waals surface area contributed by atoms with Gasteiger partial charge in [-0.2, -0.15) is 0 Å². The number of carbonyl (C=O) groups is 2. The Bertz CT molecular complexity index is 1300. The number of carbonyl (C=O) groups excluding carboxylic acids is 2. The van der Waals surface area contributed by atoms with E-state index in [-0.39, 0.29) is 64.8 Å². The number of hydrogen-bond acceptors (Lipinski definition) is 9. The zero-order valence-corrected chi connectivity index (χ0v) is 27.3. The van der Waals surface area contributed by atoms with Crippen molar-refractivity contribution < 1.29 is 38.7 Å². The Hall–Kier alpha value is -1.60. The van der Waals surface area contributed by atoms with Gasteiger partial charge in [0.25, 0.3) is 0 Å². The van der Waals surface area contributed by atoms with Gasteiger partial charge in [0.15, 0.2) is 0 Å². The Morgan fingerprint density at radius 1 is 1.07 bits per heavy atom. The lowest BCUT2D eigenvalue weighted by Crippen LogP contribution is -2.83. The van der Waals surface area contributed by atoms with E-state index < -0.39 is 34.3 Å². The molecule has 5 saturated carbocycles. The quantitative estimate of drug-likeness (QED) is 0.377. The molecule has 10 nitrogen and oxygen atoms in total. The second-order valence-electron chi connectivity index (χ2n) is 13.7. The Labute approximate surface area is 263 Å². The predicted molar refractivity (Wildman–Crippen MR) is 162 cm³/mol. The first-order valence-electron chi connectivity index (χ1n) is 15.4. The highest BCUT2D eigenvalue weighted by molar-refractivity contribution is 8.93. The van der Waals surface area contributed by atoms with Gasteiger partial charge in [-0.1, -0.05) is 19.1 Å². The summed E-state index contributed by atoms with van der Waals surface area (Å²) in [7, 11) is 5.05. The van der Waals surface area contributed by atoms with Crippen molar-refractivity contribution in [1.82, 2.24) is 4.90 Å². The average Bonchev–Trinajstić information content (AvgIpc) is 3.39. The number of nitrogens with zero attached hydrogens (tertiary/aromatic N) is 1. The molecule has 7 rings (SSSR count). The second-order valence-corrected chi connectivity index (χ2v) is 13.7. The smallest absolute Gasteiger partial charge is 0.340 e. The third-order valence-corrected chi connectivity index (χ3v) is 12.6. The minimum Gasteiger partial charge on any atom is -0.454 e. The number of aliphatic hydroxyl groups is 2. The molecule has 11 heteroatoms. The largest absolute Gasteiger partial charge is 0.454 e. The van der Waals surface area contributed by atoms with Gasteiger partial charge in [0.1, 0.15) is 16.8 Å². The highest BCUT2D eigenvalue weighted by Gasteiger charge is 2.89. The molecule has 1 aliphatic heterocycles. The van der Waals surface area contributed by atoms with Crippen LogP contribution in [0.15, 0.2) is 24.3 Å². The first-order valence-corrected chi connectivity index (χ1v) is 15.4. The summed E-state index contributed by atoms with van der Waals surface area (Å²) < 4.78 is 25.1. The number of benzene rings is 1. The van der Waals surface area contributed by atoms with Crippen molar-refractivity contribution in [3.8, 4) is 0 Å². The third-order valence-electron chi connectivity index (χ3n) is 12.6. The molecule has 238 valence electrons. The number of amides is 1. The van der Waals surface area contributed by atoms with E-state index in [1.165, 1.54) is 6.92 Å². The number of halogens is 1. The average molecular weight is 666 g/mol. The van der Waals surface area contributed by atoms with E-state index in [9.17, 15) is 19.8 Å². The molecular weight excluding hydrogens is 620 g/mol. The molecule has 0 aromatic heterocycles. The van der Waals surface area contributed by atoms with Crippen LogP contribution in [-0.4, -0.2) is 103 Å². The monoisotopic (exact) mass is 664 g/mol. The summed E-state index contributed by atoms with van der Waals surface area (Å²) in [6.07, 6.45) is 1.91. The van der Waals surface area contributed by atoms with E-state index in [4.69, 9.17) is 18.9 Å². The summed E-state index contributed by atoms with van der Waals surface area (Å²) in [4.78, 5) is 28.3. The maximum absolute atomic E-state index is 14.0. The van der Waals surface area contributed by atoms with Crippen LogP contribution < -0.4 is 5.32 Å². The van der Waals surface area contributed by atoms with Crippen LogP contribution in [0.4, 0.5) is 5.69 Å². The number of ether oxygens (including phenoxy) is 4. The molecule has 1 aromatic rings. The molecule has 1 spiro atoms. The Balaban J connectivity index is 0.00000329. The van der Waals surface area contributed by atoms with Crippen molar-refractivity contribution in [2.75, 3.05) is 39.7 Å². The number of rotatable bonds is 7. The maximum Gasteiger partial charge on any atom is 0.340 e. The molecule has 7 bridgehead atoms. The van der Waals surface area contributed by atoms with E-state index in [0.29, 0.717) is 56.4 Å². The molecule has 5 aliphatic carbocycles. The van der Waals surface area contributed by atoms with Crippen molar-refractivity contribution in [1.29, 1.82) is 0 Å². The minimum absolute atomic E-state index is 0. The van der Waals surface area contributed by atoms with Gasteiger partial charge in [-0.25, -0.2) is 4.79 Å². The van der Waals surface area contributed by atoms with E-state index >= 15 is 0 Å². The molecule has 1 amide bonds. The maximum atomic E-state index is 14.0. The van der Waals surface area contributed by atoms with Crippen molar-refractivity contribution in [3.63, 3.8) is 0 Å². The standard InChI is InChI=1S/C32H44N2O8.BrH/c1-6-34-16-29(42-28(36)18-9-7-8-10-21(18)33-17(2)35)12-11-25(40-4)31-23(29)14-20(26(31)34)30(37)15-22(39-3)19-13-24(31)32(30,38)27(19)41-5;/h7-10,19-20,22-27,37-38H,6,11-16H2,1-5H3,(H,33,35);1H/t19-,20+,22+,23-,24+,25+,26?,27+,29-,30+,31+,32+;/m1./s1. The molecule has 6 aliphatic rings. The zero-order chi connectivity index (χ0) is 29.8. The number of hydrogen-bond donors (Lipinski definition) is 3. The number of piperidine rings is 1. The number of anilines is 1. The third kappa shape index (κ3) is 3.67. The molecule has 1 unspecified atom stereocenters. The lowest BCUT2D eigenvalue weighted by molar-refractivity contribution is -0.337. The van der Waals surface area contributed by atoms with Crippen molar-refractivity contribution in [2.45, 2.75) is 87.1 Å². The first-order chi connectivity index (χ1) is 20.1. The fraction of sp³-hybridized carbons (Fsp3) is 0.750. The molecule has 1 saturated heterocycles. The van der Waals surface area contributed by atoms with Gasteiger partial charge in [-0.15, -0.1) is 17.0 Å². The highest BCUT2D eigenvalue weighted by Crippen LogP contribution is 2.79. The molecule has 3 N–H and O–H groups in total. The summed E-state index contributed by atoms with van der Waals surface area (Å²) in [6.45, 7) is 4.79. The topological polar surface area (TPSA) is 127 Å². The van der Waals surface area contributed by atoms with Crippen LogP contribution in [0.25, 0.3) is 0 Å². The number of esters is 1. The SMILES string of the molecule is Br.CCN1C[C@]2(OC(=O)c3ccccc3NC(C)=O)CC[C@H](OC)[C@]34C1[C@H](C[C@H]23)[C@@]1(O)C[C@H](OC)[C@H]2C[C@@H]4[C@]1(O)[C@H]2OC. The summed E-state index contributed by atoms with van der Waals surface area (Å²) in [5.74, 6) is -1.54. The van der Waals surface area contributed by atoms with E-state index in [1.54, 1.807) is 45.6 Å². The zero-order valence-electron chi connectivity index (χ0n) is 25.6. The number of likely N-dealkylation sites (tertiary alicyclic amines) is 1. The van der Waals surface area contributed by atoms with Crippen LogP contribution in [0, 0.1) is 29.1 Å². The van der Waals surface area contributed by atoms with Gasteiger partial charge in [-0.3, -0.25) is 9.69 Å². The second kappa shape index (κ2) is 10.5. The van der Waals surface area contributed by atoms with Gasteiger partial charge in [0.2, 0.25) is 5.91 Å². The van der Waals surface area contributed by atoms with Gasteiger partial charge < -0.3 is 34.5 Å². The summed E-state index contributed by atoms with van der Waals surface area (Å²) in [5.41, 5.74) is -3.57. The first kappa shape index (κ1) is 31.4. The van der Waals surface area contributed by atoms with Crippen molar-refractivity contribution in [2.24, 2.45) is 29.1 Å². The lowest BCUT2D eigenvalue weighted by Gasteiger charge is -2.70. The lowest BCUT2D eigenvalue weighted by atomic mass is 9.44. The van der Waals surface area contributed by atoms with Gasteiger partial charge >= 0.3 is 5.97 Å². The Morgan fingerprint density at radius 3 is 2.47 bits per heavy atom. The Morgan fingerprint density at radius 2 is 1.81 bits per heavy atom. The predicted octanol–water partition coefficient (Wildman–Crippen LogP) is 2.80. The molecule has 1 heterocycles. The van der Waals surface area contributed by atoms with Crippen LogP contribution >= 0.6 is 17.0 Å². The number of para-hydroxylation sites is 1.